The van der Waals surface area contributed by atoms with Crippen molar-refractivity contribution >= 4 is 11.6 Å². The Labute approximate surface area is 160 Å². The lowest BCUT2D eigenvalue weighted by molar-refractivity contribution is 0.102. The quantitative estimate of drug-likeness (QED) is 0.619. The smallest absolute Gasteiger partial charge is 0.257 e. The number of carbonyl (C=O) groups excluding carboxylic acids is 1. The highest BCUT2D eigenvalue weighted by Crippen LogP contribution is 2.24. The van der Waals surface area contributed by atoms with Gasteiger partial charge in [-0.15, -0.1) is 0 Å². The first-order valence-corrected chi connectivity index (χ1v) is 9.06. The molecule has 138 valence electrons. The maximum absolute atomic E-state index is 12.5. The molecule has 1 amide bonds. The van der Waals surface area contributed by atoms with Crippen LogP contribution in [0.3, 0.4) is 0 Å². The molecule has 3 aromatic rings. The van der Waals surface area contributed by atoms with Crippen molar-refractivity contribution in [2.24, 2.45) is 0 Å². The highest BCUT2D eigenvalue weighted by Gasteiger charge is 2.12. The average molecular weight is 360 g/mol. The predicted molar refractivity (Wildman–Crippen MR) is 109 cm³/mol. The fourth-order valence-corrected chi connectivity index (χ4v) is 2.76. The van der Waals surface area contributed by atoms with Gasteiger partial charge in [0.25, 0.3) is 5.91 Å². The van der Waals surface area contributed by atoms with Crippen molar-refractivity contribution in [1.82, 2.24) is 4.98 Å². The lowest BCUT2D eigenvalue weighted by atomic mass is 10.1. The van der Waals surface area contributed by atoms with Gasteiger partial charge in [0.15, 0.2) is 0 Å². The van der Waals surface area contributed by atoms with Crippen molar-refractivity contribution in [3.8, 4) is 11.5 Å². The van der Waals surface area contributed by atoms with Crippen molar-refractivity contribution in [2.45, 2.75) is 33.6 Å². The van der Waals surface area contributed by atoms with Crippen LogP contribution in [0.4, 0.5) is 5.69 Å². The van der Waals surface area contributed by atoms with E-state index in [1.54, 1.807) is 0 Å². The number of benzene rings is 2. The van der Waals surface area contributed by atoms with Gasteiger partial charge in [0.05, 0.1) is 11.3 Å². The number of amides is 1. The normalized spacial score (nSPS) is 10.7. The summed E-state index contributed by atoms with van der Waals surface area (Å²) in [5.74, 6) is 1.68. The summed E-state index contributed by atoms with van der Waals surface area (Å²) in [6.45, 7) is 8.05. The van der Waals surface area contributed by atoms with Crippen molar-refractivity contribution in [3.63, 3.8) is 0 Å². The van der Waals surface area contributed by atoms with Gasteiger partial charge in [-0.05, 0) is 73.9 Å². The fraction of sp³-hybridized carbons (Fsp3) is 0.217. The van der Waals surface area contributed by atoms with Gasteiger partial charge in [0, 0.05) is 11.4 Å². The highest BCUT2D eigenvalue weighted by molar-refractivity contribution is 6.05. The van der Waals surface area contributed by atoms with Crippen molar-refractivity contribution < 1.29 is 9.53 Å². The molecule has 0 aliphatic heterocycles. The standard InChI is InChI=1S/C23H24N2O2/c1-15(2)22-13-12-21(17(4)24-22)23(26)25-18-8-10-19(11-9-18)27-20-7-5-6-16(3)14-20/h5-15H,1-4H3,(H,25,26). The Bertz CT molecular complexity index is 947. The minimum atomic E-state index is -0.164. The first kappa shape index (κ1) is 18.6. The summed E-state index contributed by atoms with van der Waals surface area (Å²) in [5.41, 5.74) is 4.16. The average Bonchev–Trinajstić information content (AvgIpc) is 2.63. The van der Waals surface area contributed by atoms with E-state index in [9.17, 15) is 4.79 Å². The number of hydrogen-bond acceptors (Lipinski definition) is 3. The van der Waals surface area contributed by atoms with Crippen molar-refractivity contribution in [2.75, 3.05) is 5.32 Å². The maximum Gasteiger partial charge on any atom is 0.257 e. The number of pyridine rings is 1. The van der Waals surface area contributed by atoms with E-state index >= 15 is 0 Å². The van der Waals surface area contributed by atoms with Crippen molar-refractivity contribution in [1.29, 1.82) is 0 Å². The van der Waals surface area contributed by atoms with E-state index in [0.29, 0.717) is 17.2 Å². The minimum absolute atomic E-state index is 0.164. The van der Waals surface area contributed by atoms with Gasteiger partial charge in [0.1, 0.15) is 11.5 Å². The van der Waals surface area contributed by atoms with E-state index < -0.39 is 0 Å². The lowest BCUT2D eigenvalue weighted by Gasteiger charge is -2.11. The first-order valence-electron chi connectivity index (χ1n) is 9.06. The molecule has 0 spiro atoms. The molecule has 4 heteroatoms. The van der Waals surface area contributed by atoms with Crippen LogP contribution in [0.15, 0.2) is 60.7 Å². The number of nitrogens with one attached hydrogen (secondary N) is 1. The van der Waals surface area contributed by atoms with Crippen LogP contribution in [-0.2, 0) is 0 Å². The van der Waals surface area contributed by atoms with Crippen LogP contribution in [0.2, 0.25) is 0 Å². The van der Waals surface area contributed by atoms with E-state index in [1.807, 2.05) is 74.5 Å². The van der Waals surface area contributed by atoms with E-state index in [2.05, 4.69) is 24.1 Å². The molecule has 0 aliphatic carbocycles. The molecule has 2 aromatic carbocycles. The number of aryl methyl sites for hydroxylation is 2. The maximum atomic E-state index is 12.5. The zero-order chi connectivity index (χ0) is 19.4. The van der Waals surface area contributed by atoms with E-state index in [4.69, 9.17) is 4.74 Å². The molecule has 0 aliphatic rings. The van der Waals surface area contributed by atoms with Crippen LogP contribution in [0.1, 0.15) is 47.1 Å². The molecular formula is C23H24N2O2. The van der Waals surface area contributed by atoms with Gasteiger partial charge in [-0.3, -0.25) is 9.78 Å². The third-order valence-corrected chi connectivity index (χ3v) is 4.28. The van der Waals surface area contributed by atoms with E-state index in [1.165, 1.54) is 0 Å². The third kappa shape index (κ3) is 4.73. The summed E-state index contributed by atoms with van der Waals surface area (Å²) in [7, 11) is 0. The number of anilines is 1. The largest absolute Gasteiger partial charge is 0.457 e. The van der Waals surface area contributed by atoms with Crippen molar-refractivity contribution in [3.05, 3.63) is 83.2 Å². The second kappa shape index (κ2) is 8.04. The van der Waals surface area contributed by atoms with Gasteiger partial charge in [-0.25, -0.2) is 0 Å². The minimum Gasteiger partial charge on any atom is -0.457 e. The lowest BCUT2D eigenvalue weighted by Crippen LogP contribution is -2.14. The van der Waals surface area contributed by atoms with E-state index in [0.717, 1.165) is 28.5 Å². The monoisotopic (exact) mass is 360 g/mol. The summed E-state index contributed by atoms with van der Waals surface area (Å²) in [5, 5.41) is 2.91. The molecule has 0 bridgehead atoms. The summed E-state index contributed by atoms with van der Waals surface area (Å²) < 4.78 is 5.84. The van der Waals surface area contributed by atoms with Gasteiger partial charge in [-0.1, -0.05) is 26.0 Å². The van der Waals surface area contributed by atoms with Crippen LogP contribution in [0, 0.1) is 13.8 Å². The first-order chi connectivity index (χ1) is 12.9. The summed E-state index contributed by atoms with van der Waals surface area (Å²) in [4.78, 5) is 17.1. The Morgan fingerprint density at radius 3 is 2.33 bits per heavy atom. The Balaban J connectivity index is 1.68. The number of ether oxygens (including phenoxy) is 1. The predicted octanol–water partition coefficient (Wildman–Crippen LogP) is 5.87. The van der Waals surface area contributed by atoms with Gasteiger partial charge in [0.2, 0.25) is 0 Å². The molecule has 0 saturated heterocycles. The van der Waals surface area contributed by atoms with Gasteiger partial charge < -0.3 is 10.1 Å². The molecule has 27 heavy (non-hydrogen) atoms. The number of nitrogens with zero attached hydrogens (tertiary/aromatic N) is 1. The van der Waals surface area contributed by atoms with Crippen LogP contribution in [0.5, 0.6) is 11.5 Å². The van der Waals surface area contributed by atoms with Crippen LogP contribution in [-0.4, -0.2) is 10.9 Å². The third-order valence-electron chi connectivity index (χ3n) is 4.28. The Hall–Kier alpha value is -3.14. The van der Waals surface area contributed by atoms with Gasteiger partial charge in [-0.2, -0.15) is 0 Å². The number of hydrogen-bond donors (Lipinski definition) is 1. The molecule has 0 radical (unpaired) electrons. The topological polar surface area (TPSA) is 51.2 Å². The second-order valence-corrected chi connectivity index (χ2v) is 6.92. The van der Waals surface area contributed by atoms with Crippen LogP contribution in [0.25, 0.3) is 0 Å². The zero-order valence-electron chi connectivity index (χ0n) is 16.1. The Morgan fingerprint density at radius 2 is 1.70 bits per heavy atom. The SMILES string of the molecule is Cc1cccc(Oc2ccc(NC(=O)c3ccc(C(C)C)nc3C)cc2)c1. The second-order valence-electron chi connectivity index (χ2n) is 6.92. The molecule has 0 fully saturated rings. The Morgan fingerprint density at radius 1 is 0.963 bits per heavy atom. The number of rotatable bonds is 5. The Kier molecular flexibility index (Phi) is 5.55. The van der Waals surface area contributed by atoms with E-state index in [-0.39, 0.29) is 5.91 Å². The fourth-order valence-electron chi connectivity index (χ4n) is 2.76. The number of aromatic nitrogens is 1. The van der Waals surface area contributed by atoms with Gasteiger partial charge >= 0.3 is 0 Å². The molecule has 1 aromatic heterocycles. The summed E-state index contributed by atoms with van der Waals surface area (Å²) in [6, 6.07) is 19.0. The molecule has 1 heterocycles. The molecule has 1 N–H and O–H groups in total. The van der Waals surface area contributed by atoms with Crippen LogP contribution >= 0.6 is 0 Å². The highest BCUT2D eigenvalue weighted by atomic mass is 16.5. The molecule has 3 rings (SSSR count). The molecule has 0 atom stereocenters. The summed E-state index contributed by atoms with van der Waals surface area (Å²) in [6.07, 6.45) is 0. The molecular weight excluding hydrogens is 336 g/mol. The summed E-state index contributed by atoms with van der Waals surface area (Å²) >= 11 is 0. The molecule has 0 unspecified atom stereocenters. The molecule has 0 saturated carbocycles. The van der Waals surface area contributed by atoms with Crippen LogP contribution < -0.4 is 10.1 Å². The molecule has 4 nitrogen and oxygen atoms in total. The number of carbonyl (C=O) groups is 1. The zero-order valence-corrected chi connectivity index (χ0v) is 16.1.